The average Bonchev–Trinajstić information content (AvgIpc) is 2.67. The van der Waals surface area contributed by atoms with Crippen molar-refractivity contribution < 1.29 is 14.7 Å². The van der Waals surface area contributed by atoms with Gasteiger partial charge in [-0.25, -0.2) is 10.3 Å². The van der Waals surface area contributed by atoms with Gasteiger partial charge >= 0.3 is 0 Å². The minimum Gasteiger partial charge on any atom is -0.494 e. The van der Waals surface area contributed by atoms with Gasteiger partial charge in [-0.1, -0.05) is 49.2 Å². The molecule has 2 aromatic rings. The Morgan fingerprint density at radius 1 is 0.960 bits per heavy atom. The summed E-state index contributed by atoms with van der Waals surface area (Å²) in [6, 6.07) is 15.4. The van der Waals surface area contributed by atoms with E-state index in [-0.39, 0.29) is 5.91 Å². The highest BCUT2D eigenvalue weighted by Crippen LogP contribution is 2.24. The Balaban J connectivity index is 1.70. The molecule has 0 fully saturated rings. The van der Waals surface area contributed by atoms with Crippen LogP contribution in [0.3, 0.4) is 0 Å². The normalized spacial score (nSPS) is 10.1. The molecule has 2 aromatic carbocycles. The van der Waals surface area contributed by atoms with E-state index in [1.54, 1.807) is 5.48 Å². The van der Waals surface area contributed by atoms with Gasteiger partial charge in [0.15, 0.2) is 5.69 Å². The topological polar surface area (TPSA) is 62.9 Å². The summed E-state index contributed by atoms with van der Waals surface area (Å²) in [4.78, 5) is 14.2. The summed E-state index contributed by atoms with van der Waals surface area (Å²) in [6.45, 7) is 7.62. The number of rotatable bonds is 9. The summed E-state index contributed by atoms with van der Waals surface area (Å²) in [5.74, 6) is 0.501. The lowest BCUT2D eigenvalue weighted by Crippen LogP contribution is -2.17. The van der Waals surface area contributed by atoms with Gasteiger partial charge in [0, 0.05) is 6.42 Å². The largest absolute Gasteiger partial charge is 0.494 e. The molecule has 0 bridgehead atoms. The van der Waals surface area contributed by atoms with E-state index in [0.717, 1.165) is 42.6 Å². The Morgan fingerprint density at radius 2 is 1.56 bits per heavy atom. The molecule has 2 rings (SSSR count). The molecule has 2 N–H and O–H groups in total. The number of hydrogen-bond donors (Lipinski definition) is 2. The summed E-state index contributed by atoms with van der Waals surface area (Å²) in [6.07, 6.45) is 3.99. The molecule has 0 spiro atoms. The van der Waals surface area contributed by atoms with Gasteiger partial charge in [0.25, 0.3) is 0 Å². The van der Waals surface area contributed by atoms with E-state index < -0.39 is 0 Å². The van der Waals surface area contributed by atoms with E-state index >= 15 is 0 Å². The van der Waals surface area contributed by atoms with Crippen LogP contribution in [0.2, 0.25) is 0 Å². The van der Waals surface area contributed by atoms with Gasteiger partial charge in [0.2, 0.25) is 5.91 Å². The summed E-state index contributed by atoms with van der Waals surface area (Å²) in [5.41, 5.74) is 4.44. The molecule has 0 aromatic heterocycles. The molecule has 5 nitrogen and oxygen atoms in total. The van der Waals surface area contributed by atoms with E-state index in [1.807, 2.05) is 48.5 Å². The zero-order valence-electron chi connectivity index (χ0n) is 14.1. The maximum Gasteiger partial charge on any atom is 0.243 e. The Labute approximate surface area is 148 Å². The molecule has 0 aliphatic carbocycles. The first-order valence-corrected chi connectivity index (χ1v) is 8.36. The molecule has 0 atom stereocenters. The number of amides is 1. The van der Waals surface area contributed by atoms with Gasteiger partial charge in [-0.2, -0.15) is 0 Å². The third-order valence-corrected chi connectivity index (χ3v) is 3.88. The van der Waals surface area contributed by atoms with E-state index in [9.17, 15) is 4.79 Å². The number of hydroxylamine groups is 1. The SMILES string of the molecule is [C-]#[N+]c1ccc(-c2ccc(OCCCCCCC(=O)NO)cc2)cc1. The lowest BCUT2D eigenvalue weighted by atomic mass is 10.1. The lowest BCUT2D eigenvalue weighted by molar-refractivity contribution is -0.129. The number of nitrogens with zero attached hydrogens (tertiary/aromatic N) is 1. The third-order valence-electron chi connectivity index (χ3n) is 3.88. The number of hydrogen-bond acceptors (Lipinski definition) is 3. The van der Waals surface area contributed by atoms with Crippen molar-refractivity contribution in [2.75, 3.05) is 6.61 Å². The Kier molecular flexibility index (Phi) is 7.48. The first-order chi connectivity index (χ1) is 12.2. The fourth-order valence-electron chi connectivity index (χ4n) is 2.46. The summed E-state index contributed by atoms with van der Waals surface area (Å²) in [5, 5.41) is 8.39. The standard InChI is InChI=1S/C20H22N2O3/c1-21-18-11-7-16(8-12-18)17-9-13-19(14-10-17)25-15-5-3-2-4-6-20(23)22-24/h7-14,24H,2-6,15H2,(H,22,23). The minimum atomic E-state index is -0.333. The van der Waals surface area contributed by atoms with Gasteiger partial charge < -0.3 is 4.74 Å². The highest BCUT2D eigenvalue weighted by molar-refractivity contribution is 5.74. The molecule has 0 aliphatic rings. The third kappa shape index (κ3) is 6.28. The number of nitrogens with one attached hydrogen (secondary N) is 1. The number of benzene rings is 2. The zero-order valence-corrected chi connectivity index (χ0v) is 14.1. The second-order valence-corrected chi connectivity index (χ2v) is 5.73. The monoisotopic (exact) mass is 338 g/mol. The van der Waals surface area contributed by atoms with Crippen molar-refractivity contribution in [3.63, 3.8) is 0 Å². The van der Waals surface area contributed by atoms with Crippen LogP contribution in [0.15, 0.2) is 48.5 Å². The van der Waals surface area contributed by atoms with Gasteiger partial charge in [-0.3, -0.25) is 10.0 Å². The molecular formula is C20H22N2O3. The van der Waals surface area contributed by atoms with Crippen LogP contribution < -0.4 is 10.2 Å². The van der Waals surface area contributed by atoms with E-state index in [4.69, 9.17) is 16.5 Å². The van der Waals surface area contributed by atoms with Crippen molar-refractivity contribution in [3.8, 4) is 16.9 Å². The second kappa shape index (κ2) is 10.1. The number of ether oxygens (including phenoxy) is 1. The smallest absolute Gasteiger partial charge is 0.243 e. The maximum absolute atomic E-state index is 10.8. The lowest BCUT2D eigenvalue weighted by Gasteiger charge is -2.08. The molecule has 0 heterocycles. The Bertz CT molecular complexity index is 703. The first kappa shape index (κ1) is 18.5. The van der Waals surface area contributed by atoms with Crippen molar-refractivity contribution >= 4 is 11.6 Å². The molecule has 25 heavy (non-hydrogen) atoms. The van der Waals surface area contributed by atoms with E-state index in [1.165, 1.54) is 0 Å². The number of carbonyl (C=O) groups excluding carboxylic acids is 1. The quantitative estimate of drug-likeness (QED) is 0.300. The molecule has 0 saturated carbocycles. The van der Waals surface area contributed by atoms with Crippen molar-refractivity contribution in [1.29, 1.82) is 0 Å². The van der Waals surface area contributed by atoms with Crippen LogP contribution in [0.5, 0.6) is 5.75 Å². The summed E-state index contributed by atoms with van der Waals surface area (Å²) in [7, 11) is 0. The van der Waals surface area contributed by atoms with Gasteiger partial charge in [-0.15, -0.1) is 0 Å². The van der Waals surface area contributed by atoms with Crippen LogP contribution in [0.1, 0.15) is 32.1 Å². The molecule has 0 radical (unpaired) electrons. The fourth-order valence-corrected chi connectivity index (χ4v) is 2.46. The molecule has 1 amide bonds. The molecular weight excluding hydrogens is 316 g/mol. The molecule has 0 aliphatic heterocycles. The van der Waals surface area contributed by atoms with Crippen LogP contribution in [-0.4, -0.2) is 17.7 Å². The molecule has 130 valence electrons. The van der Waals surface area contributed by atoms with Gasteiger partial charge in [0.05, 0.1) is 13.2 Å². The van der Waals surface area contributed by atoms with Crippen molar-refractivity contribution in [3.05, 3.63) is 59.9 Å². The fraction of sp³-hybridized carbons (Fsp3) is 0.300. The number of carbonyl (C=O) groups is 1. The van der Waals surface area contributed by atoms with Gasteiger partial charge in [0.1, 0.15) is 5.75 Å². The Hall–Kier alpha value is -2.84. The van der Waals surface area contributed by atoms with E-state index in [2.05, 4.69) is 4.85 Å². The summed E-state index contributed by atoms with van der Waals surface area (Å²) < 4.78 is 5.72. The van der Waals surface area contributed by atoms with Crippen molar-refractivity contribution in [1.82, 2.24) is 5.48 Å². The van der Waals surface area contributed by atoms with Crippen molar-refractivity contribution in [2.45, 2.75) is 32.1 Å². The van der Waals surface area contributed by atoms with Crippen LogP contribution in [0, 0.1) is 6.57 Å². The first-order valence-electron chi connectivity index (χ1n) is 8.36. The highest BCUT2D eigenvalue weighted by atomic mass is 16.5. The van der Waals surface area contributed by atoms with E-state index in [0.29, 0.717) is 18.7 Å². The second-order valence-electron chi connectivity index (χ2n) is 5.73. The molecule has 0 saturated heterocycles. The van der Waals surface area contributed by atoms with Crippen molar-refractivity contribution in [2.24, 2.45) is 0 Å². The van der Waals surface area contributed by atoms with Crippen LogP contribution in [0.4, 0.5) is 5.69 Å². The summed E-state index contributed by atoms with van der Waals surface area (Å²) >= 11 is 0. The molecule has 0 unspecified atom stereocenters. The predicted octanol–water partition coefficient (Wildman–Crippen LogP) is 4.74. The predicted molar refractivity (Wildman–Crippen MR) is 96.6 cm³/mol. The Morgan fingerprint density at radius 3 is 2.16 bits per heavy atom. The van der Waals surface area contributed by atoms with Gasteiger partial charge in [-0.05, 0) is 36.1 Å². The van der Waals surface area contributed by atoms with Crippen LogP contribution >= 0.6 is 0 Å². The highest BCUT2D eigenvalue weighted by Gasteiger charge is 2.01. The van der Waals surface area contributed by atoms with Crippen LogP contribution in [-0.2, 0) is 4.79 Å². The molecule has 5 heteroatoms. The number of unbranched alkanes of at least 4 members (excludes halogenated alkanes) is 3. The minimum absolute atomic E-state index is 0.333. The average molecular weight is 338 g/mol. The van der Waals surface area contributed by atoms with Crippen LogP contribution in [0.25, 0.3) is 16.0 Å². The zero-order chi connectivity index (χ0) is 17.9. The maximum atomic E-state index is 10.8.